The first-order valence-electron chi connectivity index (χ1n) is 11.6. The molecule has 1 rings (SSSR count). The fourth-order valence-corrected chi connectivity index (χ4v) is 3.24. The van der Waals surface area contributed by atoms with E-state index in [1.165, 1.54) is 38.1 Å². The molecule has 0 saturated carbocycles. The number of phenolic OH excluding ortho intramolecular Hbond substituents is 1. The molecule has 0 aromatic heterocycles. The monoisotopic (exact) mass is 511 g/mol. The summed E-state index contributed by atoms with van der Waals surface area (Å²) in [5.41, 5.74) is 11.7. The molecular weight excluding hydrogens is 474 g/mol. The van der Waals surface area contributed by atoms with E-state index in [1.54, 1.807) is 0 Å². The van der Waals surface area contributed by atoms with Crippen molar-refractivity contribution in [1.29, 1.82) is 0 Å². The number of unbranched alkanes of at least 4 members (excludes halogenated alkanes) is 1. The van der Waals surface area contributed by atoms with E-state index in [4.69, 9.17) is 11.5 Å². The van der Waals surface area contributed by atoms with Crippen molar-refractivity contribution >= 4 is 23.7 Å². The number of carbonyl (C=O) groups is 4. The molecule has 3 amide bonds. The van der Waals surface area contributed by atoms with Crippen LogP contribution in [0.15, 0.2) is 24.3 Å². The molecular formula is C23H37N5O8. The third-order valence-corrected chi connectivity index (χ3v) is 5.46. The number of hydrogen-bond acceptors (Lipinski definition) is 9. The normalized spacial score (nSPS) is 16.1. The third-order valence-electron chi connectivity index (χ3n) is 5.46. The molecule has 1 aromatic rings. The summed E-state index contributed by atoms with van der Waals surface area (Å²) < 4.78 is 0. The number of nitrogens with one attached hydrogen (secondary N) is 3. The van der Waals surface area contributed by atoms with Gasteiger partial charge in [-0.05, 0) is 57.4 Å². The quantitative estimate of drug-likeness (QED) is 0.114. The molecule has 0 heterocycles. The Morgan fingerprint density at radius 2 is 1.42 bits per heavy atom. The summed E-state index contributed by atoms with van der Waals surface area (Å²) in [4.78, 5) is 49.9. The van der Waals surface area contributed by atoms with Gasteiger partial charge in [0.2, 0.25) is 17.7 Å². The zero-order valence-electron chi connectivity index (χ0n) is 20.4. The second-order valence-corrected chi connectivity index (χ2v) is 8.61. The molecule has 0 radical (unpaired) electrons. The number of benzene rings is 1. The van der Waals surface area contributed by atoms with Crippen molar-refractivity contribution < 1.29 is 39.6 Å². The first kappa shape index (κ1) is 30.8. The van der Waals surface area contributed by atoms with Gasteiger partial charge in [-0.25, -0.2) is 4.79 Å². The van der Waals surface area contributed by atoms with Crippen LogP contribution < -0.4 is 27.4 Å². The van der Waals surface area contributed by atoms with Crippen LogP contribution in [0.2, 0.25) is 0 Å². The van der Waals surface area contributed by atoms with Crippen molar-refractivity contribution in [3.63, 3.8) is 0 Å². The number of aliphatic hydroxyl groups excluding tert-OH is 2. The van der Waals surface area contributed by atoms with E-state index >= 15 is 0 Å². The lowest BCUT2D eigenvalue weighted by molar-refractivity contribution is -0.145. The first-order chi connectivity index (χ1) is 16.9. The molecule has 0 spiro atoms. The second-order valence-electron chi connectivity index (χ2n) is 8.61. The number of amides is 3. The Balaban J connectivity index is 3.16. The number of aliphatic carboxylic acids is 1. The van der Waals surface area contributed by atoms with Gasteiger partial charge in [0.25, 0.3) is 0 Å². The number of hydrogen-bond donors (Lipinski definition) is 9. The Kier molecular flexibility index (Phi) is 12.8. The molecule has 13 heteroatoms. The Labute approximate surface area is 209 Å². The van der Waals surface area contributed by atoms with E-state index in [2.05, 4.69) is 16.0 Å². The summed E-state index contributed by atoms with van der Waals surface area (Å²) in [7, 11) is 0. The van der Waals surface area contributed by atoms with Crippen LogP contribution in [0.5, 0.6) is 5.75 Å². The van der Waals surface area contributed by atoms with E-state index in [0.29, 0.717) is 24.9 Å². The lowest BCUT2D eigenvalue weighted by Gasteiger charge is -2.26. The highest BCUT2D eigenvalue weighted by Gasteiger charge is 2.32. The van der Waals surface area contributed by atoms with Crippen molar-refractivity contribution in [2.45, 2.75) is 75.9 Å². The zero-order valence-corrected chi connectivity index (χ0v) is 20.4. The molecule has 0 fully saturated rings. The van der Waals surface area contributed by atoms with Crippen molar-refractivity contribution in [3.8, 4) is 5.75 Å². The van der Waals surface area contributed by atoms with Crippen LogP contribution >= 0.6 is 0 Å². The Bertz CT molecular complexity index is 878. The molecule has 0 aliphatic heterocycles. The third kappa shape index (κ3) is 10.2. The summed E-state index contributed by atoms with van der Waals surface area (Å²) >= 11 is 0. The molecule has 0 saturated heterocycles. The van der Waals surface area contributed by atoms with Gasteiger partial charge in [-0.15, -0.1) is 0 Å². The Hall–Kier alpha value is -3.26. The minimum Gasteiger partial charge on any atom is -0.508 e. The highest BCUT2D eigenvalue weighted by atomic mass is 16.4. The number of phenols is 1. The summed E-state index contributed by atoms with van der Waals surface area (Å²) in [6.45, 7) is 2.88. The topological polar surface area (TPSA) is 237 Å². The summed E-state index contributed by atoms with van der Waals surface area (Å²) in [5.74, 6) is -3.86. The molecule has 6 unspecified atom stereocenters. The van der Waals surface area contributed by atoms with Crippen LogP contribution in [-0.4, -0.2) is 87.0 Å². The maximum atomic E-state index is 13.1. The minimum absolute atomic E-state index is 0.0130. The summed E-state index contributed by atoms with van der Waals surface area (Å²) in [6.07, 6.45) is -1.47. The molecule has 0 bridgehead atoms. The molecule has 11 N–H and O–H groups in total. The number of carboxylic acids is 1. The van der Waals surface area contributed by atoms with E-state index in [1.807, 2.05) is 0 Å². The van der Waals surface area contributed by atoms with Gasteiger partial charge in [-0.2, -0.15) is 0 Å². The molecule has 0 aliphatic carbocycles. The van der Waals surface area contributed by atoms with Gasteiger partial charge >= 0.3 is 5.97 Å². The van der Waals surface area contributed by atoms with Gasteiger partial charge < -0.3 is 47.8 Å². The maximum absolute atomic E-state index is 13.1. The fourth-order valence-electron chi connectivity index (χ4n) is 3.24. The number of nitrogens with two attached hydrogens (primary N) is 2. The molecule has 1 aromatic carbocycles. The van der Waals surface area contributed by atoms with Crippen LogP contribution in [0.1, 0.15) is 38.7 Å². The average Bonchev–Trinajstić information content (AvgIpc) is 2.81. The summed E-state index contributed by atoms with van der Waals surface area (Å²) in [6, 6.07) is 0.498. The number of aliphatic hydroxyl groups is 2. The smallest absolute Gasteiger partial charge is 0.328 e. The SMILES string of the molecule is CC(O)C(N)C(=O)NC(CCCCN)C(=O)NC(Cc1ccc(O)cc1)C(=O)NC(C(=O)O)C(C)O. The predicted octanol–water partition coefficient (Wildman–Crippen LogP) is -2.31. The summed E-state index contributed by atoms with van der Waals surface area (Å²) in [5, 5.41) is 45.3. The van der Waals surface area contributed by atoms with E-state index in [9.17, 15) is 39.6 Å². The van der Waals surface area contributed by atoms with Gasteiger partial charge in [0.1, 0.15) is 23.9 Å². The van der Waals surface area contributed by atoms with E-state index < -0.39 is 60.1 Å². The number of rotatable bonds is 15. The minimum atomic E-state index is -1.62. The van der Waals surface area contributed by atoms with E-state index in [-0.39, 0.29) is 18.6 Å². The molecule has 6 atom stereocenters. The standard InChI is InChI=1S/C23H37N5O8/c1-12(29)18(25)22(34)26-16(5-3-4-10-24)20(32)27-17(11-14-6-8-15(31)9-7-14)21(33)28-19(13(2)30)23(35)36/h6-9,12-13,16-19,29-31H,3-5,10-11,24-25H2,1-2H3,(H,26,34)(H,27,32)(H,28,33)(H,35,36). The van der Waals surface area contributed by atoms with Gasteiger partial charge in [0.15, 0.2) is 6.04 Å². The van der Waals surface area contributed by atoms with Gasteiger partial charge in [0.05, 0.1) is 12.2 Å². The van der Waals surface area contributed by atoms with Crippen molar-refractivity contribution in [2.24, 2.45) is 11.5 Å². The second kappa shape index (κ2) is 15.0. The lowest BCUT2D eigenvalue weighted by Crippen LogP contribution is -2.59. The van der Waals surface area contributed by atoms with Crippen LogP contribution in [0.25, 0.3) is 0 Å². The number of carboxylic acid groups (broad SMARTS) is 1. The fraction of sp³-hybridized carbons (Fsp3) is 0.565. The highest BCUT2D eigenvalue weighted by Crippen LogP contribution is 2.12. The van der Waals surface area contributed by atoms with Crippen LogP contribution in [-0.2, 0) is 25.6 Å². The zero-order chi connectivity index (χ0) is 27.4. The van der Waals surface area contributed by atoms with Crippen LogP contribution in [0.4, 0.5) is 0 Å². The van der Waals surface area contributed by atoms with Crippen molar-refractivity contribution in [2.75, 3.05) is 6.54 Å². The largest absolute Gasteiger partial charge is 0.508 e. The van der Waals surface area contributed by atoms with Gasteiger partial charge in [-0.1, -0.05) is 12.1 Å². The molecule has 0 aliphatic rings. The molecule has 202 valence electrons. The maximum Gasteiger partial charge on any atom is 0.328 e. The van der Waals surface area contributed by atoms with Crippen molar-refractivity contribution in [3.05, 3.63) is 29.8 Å². The van der Waals surface area contributed by atoms with Gasteiger partial charge in [0, 0.05) is 6.42 Å². The lowest BCUT2D eigenvalue weighted by atomic mass is 10.0. The van der Waals surface area contributed by atoms with E-state index in [0.717, 1.165) is 0 Å². The first-order valence-corrected chi connectivity index (χ1v) is 11.6. The van der Waals surface area contributed by atoms with Crippen LogP contribution in [0.3, 0.4) is 0 Å². The number of aromatic hydroxyl groups is 1. The highest BCUT2D eigenvalue weighted by molar-refractivity contribution is 5.94. The predicted molar refractivity (Wildman–Crippen MR) is 129 cm³/mol. The Morgan fingerprint density at radius 3 is 1.92 bits per heavy atom. The molecule has 13 nitrogen and oxygen atoms in total. The van der Waals surface area contributed by atoms with Gasteiger partial charge in [-0.3, -0.25) is 14.4 Å². The Morgan fingerprint density at radius 1 is 0.861 bits per heavy atom. The van der Waals surface area contributed by atoms with Crippen molar-refractivity contribution in [1.82, 2.24) is 16.0 Å². The molecule has 36 heavy (non-hydrogen) atoms. The average molecular weight is 512 g/mol. The van der Waals surface area contributed by atoms with Crippen LogP contribution in [0, 0.1) is 0 Å². The number of carbonyl (C=O) groups excluding carboxylic acids is 3.